The average molecular weight is 250 g/mol. The summed E-state index contributed by atoms with van der Waals surface area (Å²) in [5.74, 6) is 0.304. The SMILES string of the molecule is CCOCCS(=O)(=O)N1CCC(N)C(C)C1. The molecule has 0 saturated carbocycles. The molecule has 2 N–H and O–H groups in total. The van der Waals surface area contributed by atoms with Crippen LogP contribution in [0.1, 0.15) is 20.3 Å². The fourth-order valence-corrected chi connectivity index (χ4v) is 3.25. The molecule has 0 aromatic heterocycles. The van der Waals surface area contributed by atoms with Gasteiger partial charge < -0.3 is 10.5 Å². The highest BCUT2D eigenvalue weighted by Gasteiger charge is 2.30. The third kappa shape index (κ3) is 3.69. The fourth-order valence-electron chi connectivity index (χ4n) is 1.82. The lowest BCUT2D eigenvalue weighted by Gasteiger charge is -2.34. The summed E-state index contributed by atoms with van der Waals surface area (Å²) >= 11 is 0. The van der Waals surface area contributed by atoms with Gasteiger partial charge >= 0.3 is 0 Å². The second kappa shape index (κ2) is 5.95. The van der Waals surface area contributed by atoms with Gasteiger partial charge in [0.05, 0.1) is 12.4 Å². The highest BCUT2D eigenvalue weighted by Crippen LogP contribution is 2.18. The van der Waals surface area contributed by atoms with Crippen LogP contribution < -0.4 is 5.73 Å². The van der Waals surface area contributed by atoms with Gasteiger partial charge in [0, 0.05) is 25.7 Å². The molecule has 6 heteroatoms. The highest BCUT2D eigenvalue weighted by atomic mass is 32.2. The molecule has 2 atom stereocenters. The second-order valence-corrected chi connectivity index (χ2v) is 6.39. The van der Waals surface area contributed by atoms with E-state index in [1.165, 1.54) is 0 Å². The fraction of sp³-hybridized carbons (Fsp3) is 1.00. The molecule has 96 valence electrons. The lowest BCUT2D eigenvalue weighted by atomic mass is 9.96. The number of piperidine rings is 1. The number of sulfonamides is 1. The molecular formula is C10H22N2O3S. The second-order valence-electron chi connectivity index (χ2n) is 4.30. The predicted molar refractivity (Wildman–Crippen MR) is 63.6 cm³/mol. The minimum atomic E-state index is -3.16. The molecule has 0 amide bonds. The van der Waals surface area contributed by atoms with E-state index in [4.69, 9.17) is 10.5 Å². The Hall–Kier alpha value is -0.170. The largest absolute Gasteiger partial charge is 0.381 e. The average Bonchev–Trinajstić information content (AvgIpc) is 2.22. The monoisotopic (exact) mass is 250 g/mol. The number of hydrogen-bond acceptors (Lipinski definition) is 4. The lowest BCUT2D eigenvalue weighted by Crippen LogP contribution is -2.49. The summed E-state index contributed by atoms with van der Waals surface area (Å²) in [6.07, 6.45) is 0.745. The number of hydrogen-bond donors (Lipinski definition) is 1. The zero-order chi connectivity index (χ0) is 12.2. The Kier molecular flexibility index (Phi) is 5.17. The van der Waals surface area contributed by atoms with Crippen molar-refractivity contribution in [3.8, 4) is 0 Å². The van der Waals surface area contributed by atoms with Crippen LogP contribution in [0.3, 0.4) is 0 Å². The first-order valence-corrected chi connectivity index (χ1v) is 7.39. The van der Waals surface area contributed by atoms with E-state index >= 15 is 0 Å². The van der Waals surface area contributed by atoms with Crippen molar-refractivity contribution in [3.05, 3.63) is 0 Å². The first kappa shape index (κ1) is 13.9. The number of nitrogens with zero attached hydrogens (tertiary/aromatic N) is 1. The van der Waals surface area contributed by atoms with E-state index < -0.39 is 10.0 Å². The smallest absolute Gasteiger partial charge is 0.216 e. The van der Waals surface area contributed by atoms with Gasteiger partial charge in [0.2, 0.25) is 10.0 Å². The van der Waals surface area contributed by atoms with Crippen LogP contribution in [0.5, 0.6) is 0 Å². The van der Waals surface area contributed by atoms with Gasteiger partial charge in [-0.15, -0.1) is 0 Å². The summed E-state index contributed by atoms with van der Waals surface area (Å²) in [4.78, 5) is 0. The molecular weight excluding hydrogens is 228 g/mol. The van der Waals surface area contributed by atoms with Gasteiger partial charge in [0.25, 0.3) is 0 Å². The Morgan fingerprint density at radius 1 is 1.50 bits per heavy atom. The molecule has 1 saturated heterocycles. The van der Waals surface area contributed by atoms with Crippen molar-refractivity contribution in [2.24, 2.45) is 11.7 Å². The summed E-state index contributed by atoms with van der Waals surface area (Å²) in [6, 6.07) is 0.123. The molecule has 1 rings (SSSR count). The maximum atomic E-state index is 11.9. The topological polar surface area (TPSA) is 72.6 Å². The molecule has 0 aromatic carbocycles. The molecule has 5 nitrogen and oxygen atoms in total. The Labute approximate surface area is 98.0 Å². The van der Waals surface area contributed by atoms with E-state index in [0.717, 1.165) is 6.42 Å². The Morgan fingerprint density at radius 3 is 2.75 bits per heavy atom. The van der Waals surface area contributed by atoms with Crippen molar-refractivity contribution in [3.63, 3.8) is 0 Å². The quantitative estimate of drug-likeness (QED) is 0.698. The summed E-state index contributed by atoms with van der Waals surface area (Å²) in [7, 11) is -3.16. The van der Waals surface area contributed by atoms with Crippen molar-refractivity contribution in [1.82, 2.24) is 4.31 Å². The van der Waals surface area contributed by atoms with E-state index in [1.54, 1.807) is 4.31 Å². The maximum Gasteiger partial charge on any atom is 0.216 e. The van der Waals surface area contributed by atoms with E-state index in [-0.39, 0.29) is 24.3 Å². The Balaban J connectivity index is 2.49. The zero-order valence-electron chi connectivity index (χ0n) is 10.1. The van der Waals surface area contributed by atoms with Gasteiger partial charge in [-0.05, 0) is 19.3 Å². The van der Waals surface area contributed by atoms with Crippen molar-refractivity contribution < 1.29 is 13.2 Å². The summed E-state index contributed by atoms with van der Waals surface area (Å²) in [5.41, 5.74) is 5.86. The minimum absolute atomic E-state index is 0.0722. The van der Waals surface area contributed by atoms with Gasteiger partial charge in [-0.2, -0.15) is 0 Å². The molecule has 0 aliphatic carbocycles. The van der Waals surface area contributed by atoms with Gasteiger partial charge in [-0.25, -0.2) is 12.7 Å². The van der Waals surface area contributed by atoms with E-state index in [2.05, 4.69) is 0 Å². The lowest BCUT2D eigenvalue weighted by molar-refractivity contribution is 0.161. The van der Waals surface area contributed by atoms with E-state index in [0.29, 0.717) is 19.7 Å². The first-order chi connectivity index (χ1) is 7.47. The van der Waals surface area contributed by atoms with Crippen LogP contribution >= 0.6 is 0 Å². The van der Waals surface area contributed by atoms with Crippen LogP contribution in [0, 0.1) is 5.92 Å². The highest BCUT2D eigenvalue weighted by molar-refractivity contribution is 7.89. The van der Waals surface area contributed by atoms with Gasteiger partial charge in [-0.1, -0.05) is 6.92 Å². The zero-order valence-corrected chi connectivity index (χ0v) is 10.9. The number of nitrogens with two attached hydrogens (primary N) is 1. The predicted octanol–water partition coefficient (Wildman–Crippen LogP) is 0.0218. The Bertz CT molecular complexity index is 305. The molecule has 0 bridgehead atoms. The van der Waals surface area contributed by atoms with Crippen LogP contribution in [-0.2, 0) is 14.8 Å². The standard InChI is InChI=1S/C10H22N2O3S/c1-3-15-6-7-16(13,14)12-5-4-10(11)9(2)8-12/h9-10H,3-8,11H2,1-2H3. The van der Waals surface area contributed by atoms with Gasteiger partial charge in [0.15, 0.2) is 0 Å². The van der Waals surface area contributed by atoms with Gasteiger partial charge in [0.1, 0.15) is 0 Å². The molecule has 0 aromatic rings. The van der Waals surface area contributed by atoms with E-state index in [1.807, 2.05) is 13.8 Å². The molecule has 1 aliphatic rings. The van der Waals surface area contributed by atoms with Gasteiger partial charge in [-0.3, -0.25) is 0 Å². The summed E-state index contributed by atoms with van der Waals surface area (Å²) in [5, 5.41) is 0. The van der Waals surface area contributed by atoms with Crippen molar-refractivity contribution in [1.29, 1.82) is 0 Å². The molecule has 1 fully saturated rings. The van der Waals surface area contributed by atoms with E-state index in [9.17, 15) is 8.42 Å². The van der Waals surface area contributed by atoms with Crippen molar-refractivity contribution in [2.75, 3.05) is 32.1 Å². The molecule has 16 heavy (non-hydrogen) atoms. The minimum Gasteiger partial charge on any atom is -0.381 e. The molecule has 0 spiro atoms. The maximum absolute atomic E-state index is 11.9. The summed E-state index contributed by atoms with van der Waals surface area (Å²) < 4.78 is 30.5. The Morgan fingerprint density at radius 2 is 2.19 bits per heavy atom. The normalized spacial score (nSPS) is 28.2. The third-order valence-corrected chi connectivity index (χ3v) is 4.82. The van der Waals surface area contributed by atoms with Crippen molar-refractivity contribution >= 4 is 10.0 Å². The van der Waals surface area contributed by atoms with Crippen LogP contribution in [0.4, 0.5) is 0 Å². The van der Waals surface area contributed by atoms with Crippen LogP contribution in [0.2, 0.25) is 0 Å². The van der Waals surface area contributed by atoms with Crippen LogP contribution in [0.25, 0.3) is 0 Å². The number of ether oxygens (including phenoxy) is 1. The number of rotatable bonds is 5. The van der Waals surface area contributed by atoms with Crippen molar-refractivity contribution in [2.45, 2.75) is 26.3 Å². The molecule has 1 aliphatic heterocycles. The molecule has 2 unspecified atom stereocenters. The molecule has 0 radical (unpaired) electrons. The van der Waals surface area contributed by atoms with Crippen LogP contribution in [-0.4, -0.2) is 50.8 Å². The van der Waals surface area contributed by atoms with Crippen LogP contribution in [0.15, 0.2) is 0 Å². The molecule has 1 heterocycles. The summed E-state index contributed by atoms with van der Waals surface area (Å²) in [6.45, 7) is 5.76. The third-order valence-electron chi connectivity index (χ3n) is 3.02. The first-order valence-electron chi connectivity index (χ1n) is 5.78.